The molecule has 0 amide bonds. The third kappa shape index (κ3) is 5.28. The molecule has 1 fully saturated rings. The summed E-state index contributed by atoms with van der Waals surface area (Å²) in [7, 11) is 3.09. The van der Waals surface area contributed by atoms with Crippen LogP contribution >= 0.6 is 0 Å². The Kier molecular flexibility index (Phi) is 7.56. The Morgan fingerprint density at radius 2 is 2.00 bits per heavy atom. The summed E-state index contributed by atoms with van der Waals surface area (Å²) in [5.41, 5.74) is 1.17. The van der Waals surface area contributed by atoms with Gasteiger partial charge in [-0.05, 0) is 19.1 Å². The summed E-state index contributed by atoms with van der Waals surface area (Å²) in [6.45, 7) is 8.65. The van der Waals surface area contributed by atoms with Gasteiger partial charge in [0.1, 0.15) is 5.75 Å². The van der Waals surface area contributed by atoms with Crippen LogP contribution in [0.25, 0.3) is 0 Å². The molecule has 1 N–H and O–H groups in total. The van der Waals surface area contributed by atoms with Gasteiger partial charge >= 0.3 is 5.97 Å². The van der Waals surface area contributed by atoms with E-state index < -0.39 is 0 Å². The maximum absolute atomic E-state index is 11.6. The monoisotopic (exact) mass is 362 g/mol. The second-order valence-corrected chi connectivity index (χ2v) is 6.29. The first-order chi connectivity index (χ1) is 12.6. The predicted molar refractivity (Wildman–Crippen MR) is 104 cm³/mol. The Labute approximate surface area is 156 Å². The van der Waals surface area contributed by atoms with E-state index in [-0.39, 0.29) is 11.9 Å². The highest BCUT2D eigenvalue weighted by molar-refractivity contribution is 5.81. The summed E-state index contributed by atoms with van der Waals surface area (Å²) in [4.78, 5) is 20.8. The molecule has 7 nitrogen and oxygen atoms in total. The van der Waals surface area contributed by atoms with Crippen molar-refractivity contribution in [2.45, 2.75) is 13.8 Å². The highest BCUT2D eigenvalue weighted by Crippen LogP contribution is 2.22. The number of carbonyl (C=O) groups excluding carboxylic acids is 1. The number of nitrogens with zero attached hydrogens (tertiary/aromatic N) is 3. The maximum Gasteiger partial charge on any atom is 0.310 e. The van der Waals surface area contributed by atoms with E-state index in [2.05, 4.69) is 32.2 Å². The molecule has 2 rings (SSSR count). The molecule has 1 aromatic carbocycles. The van der Waals surface area contributed by atoms with Gasteiger partial charge in [-0.25, -0.2) is 0 Å². The molecule has 0 saturated carbocycles. The van der Waals surface area contributed by atoms with Gasteiger partial charge in [0.15, 0.2) is 5.96 Å². The van der Waals surface area contributed by atoms with E-state index in [1.54, 1.807) is 7.11 Å². The summed E-state index contributed by atoms with van der Waals surface area (Å²) >= 11 is 0. The minimum Gasteiger partial charge on any atom is -0.497 e. The van der Waals surface area contributed by atoms with Crippen LogP contribution in [0.15, 0.2) is 29.3 Å². The Hall–Kier alpha value is -2.44. The molecular weight excluding hydrogens is 332 g/mol. The van der Waals surface area contributed by atoms with Crippen LogP contribution in [0.2, 0.25) is 0 Å². The van der Waals surface area contributed by atoms with Crippen LogP contribution in [0.5, 0.6) is 5.75 Å². The van der Waals surface area contributed by atoms with E-state index >= 15 is 0 Å². The van der Waals surface area contributed by atoms with Crippen molar-refractivity contribution in [3.63, 3.8) is 0 Å². The number of ether oxygens (including phenoxy) is 2. The molecule has 1 saturated heterocycles. The minimum atomic E-state index is -0.244. The lowest BCUT2D eigenvalue weighted by atomic mass is 10.2. The molecule has 1 aliphatic heterocycles. The molecular formula is C19H30N4O3. The molecule has 1 unspecified atom stereocenters. The number of aliphatic imine (C=N–C) groups is 1. The Bertz CT molecular complexity index is 613. The molecule has 7 heteroatoms. The van der Waals surface area contributed by atoms with Crippen LogP contribution in [0.3, 0.4) is 0 Å². The van der Waals surface area contributed by atoms with Gasteiger partial charge in [0.05, 0.1) is 26.7 Å². The van der Waals surface area contributed by atoms with Crippen LogP contribution in [0, 0.1) is 5.92 Å². The van der Waals surface area contributed by atoms with Crippen molar-refractivity contribution in [1.29, 1.82) is 0 Å². The van der Waals surface area contributed by atoms with Crippen LogP contribution in [-0.4, -0.2) is 70.3 Å². The molecule has 1 heterocycles. The summed E-state index contributed by atoms with van der Waals surface area (Å²) < 4.78 is 10.1. The van der Waals surface area contributed by atoms with Crippen molar-refractivity contribution < 1.29 is 14.3 Å². The summed E-state index contributed by atoms with van der Waals surface area (Å²) in [6, 6.07) is 8.14. The molecule has 1 aliphatic rings. The lowest BCUT2D eigenvalue weighted by molar-refractivity contribution is -0.144. The normalized spacial score (nSPS) is 16.2. The van der Waals surface area contributed by atoms with E-state index in [1.807, 2.05) is 26.0 Å². The molecule has 0 aromatic heterocycles. The largest absolute Gasteiger partial charge is 0.497 e. The number of rotatable bonds is 6. The number of carbonyl (C=O) groups is 1. The predicted octanol–water partition coefficient (Wildman–Crippen LogP) is 1.59. The van der Waals surface area contributed by atoms with E-state index in [1.165, 1.54) is 12.8 Å². The number of esters is 1. The number of nitrogens with one attached hydrogen (secondary N) is 1. The van der Waals surface area contributed by atoms with Crippen LogP contribution < -0.4 is 15.0 Å². The Morgan fingerprint density at radius 3 is 2.62 bits per heavy atom. The Balaban J connectivity index is 1.97. The molecule has 0 spiro atoms. The zero-order chi connectivity index (χ0) is 18.9. The number of piperazine rings is 1. The number of methoxy groups -OCH3 is 2. The fourth-order valence-corrected chi connectivity index (χ4v) is 2.91. The lowest BCUT2D eigenvalue weighted by Crippen LogP contribution is -2.52. The molecule has 0 bridgehead atoms. The first kappa shape index (κ1) is 19.9. The fourth-order valence-electron chi connectivity index (χ4n) is 2.91. The zero-order valence-corrected chi connectivity index (χ0v) is 16.2. The third-order valence-corrected chi connectivity index (χ3v) is 4.45. The van der Waals surface area contributed by atoms with E-state index in [9.17, 15) is 4.79 Å². The number of anilines is 1. The highest BCUT2D eigenvalue weighted by Gasteiger charge is 2.21. The average Bonchev–Trinajstić information content (AvgIpc) is 2.70. The smallest absolute Gasteiger partial charge is 0.310 e. The standard InChI is InChI=1S/C19H30N4O3/c1-5-20-19(21-14-15(2)18(24)26-4)23-11-9-22(10-12-23)16-7-6-8-17(13-16)25-3/h6-8,13,15H,5,9-12,14H2,1-4H3,(H,20,21). The van der Waals surface area contributed by atoms with Gasteiger partial charge < -0.3 is 24.6 Å². The van der Waals surface area contributed by atoms with Crippen molar-refractivity contribution in [3.8, 4) is 5.75 Å². The minimum absolute atomic E-state index is 0.229. The SMILES string of the molecule is CCNC(=NCC(C)C(=O)OC)N1CCN(c2cccc(OC)c2)CC1. The van der Waals surface area contributed by atoms with Crippen LogP contribution in [0.4, 0.5) is 5.69 Å². The van der Waals surface area contributed by atoms with Crippen molar-refractivity contribution in [2.24, 2.45) is 10.9 Å². The first-order valence-electron chi connectivity index (χ1n) is 9.09. The van der Waals surface area contributed by atoms with Crippen LogP contribution in [0.1, 0.15) is 13.8 Å². The van der Waals surface area contributed by atoms with Gasteiger partial charge in [-0.1, -0.05) is 13.0 Å². The van der Waals surface area contributed by atoms with Gasteiger partial charge in [0, 0.05) is 44.5 Å². The fraction of sp³-hybridized carbons (Fsp3) is 0.579. The lowest BCUT2D eigenvalue weighted by Gasteiger charge is -2.37. The van der Waals surface area contributed by atoms with Gasteiger partial charge in [-0.2, -0.15) is 0 Å². The average molecular weight is 362 g/mol. The van der Waals surface area contributed by atoms with Gasteiger partial charge in [0.25, 0.3) is 0 Å². The van der Waals surface area contributed by atoms with Gasteiger partial charge in [0.2, 0.25) is 0 Å². The number of hydrogen-bond donors (Lipinski definition) is 1. The van der Waals surface area contributed by atoms with E-state index in [0.717, 1.165) is 44.4 Å². The second kappa shape index (κ2) is 9.89. The van der Waals surface area contributed by atoms with Crippen molar-refractivity contribution >= 4 is 17.6 Å². The molecule has 26 heavy (non-hydrogen) atoms. The van der Waals surface area contributed by atoms with Crippen LogP contribution in [-0.2, 0) is 9.53 Å². The molecule has 144 valence electrons. The summed E-state index contributed by atoms with van der Waals surface area (Å²) in [5.74, 6) is 1.25. The number of benzene rings is 1. The van der Waals surface area contributed by atoms with Crippen molar-refractivity contribution in [3.05, 3.63) is 24.3 Å². The number of guanidine groups is 1. The molecule has 0 aliphatic carbocycles. The summed E-state index contributed by atoms with van der Waals surface area (Å²) in [5, 5.41) is 3.32. The van der Waals surface area contributed by atoms with E-state index in [4.69, 9.17) is 9.47 Å². The highest BCUT2D eigenvalue weighted by atomic mass is 16.5. The number of hydrogen-bond acceptors (Lipinski definition) is 5. The second-order valence-electron chi connectivity index (χ2n) is 6.29. The van der Waals surface area contributed by atoms with Gasteiger partial charge in [-0.15, -0.1) is 0 Å². The molecule has 1 aromatic rings. The topological polar surface area (TPSA) is 66.4 Å². The van der Waals surface area contributed by atoms with E-state index in [0.29, 0.717) is 6.54 Å². The quantitative estimate of drug-likeness (QED) is 0.471. The van der Waals surface area contributed by atoms with Crippen molar-refractivity contribution in [1.82, 2.24) is 10.2 Å². The first-order valence-corrected chi connectivity index (χ1v) is 9.09. The van der Waals surface area contributed by atoms with Crippen molar-refractivity contribution in [2.75, 3.05) is 58.4 Å². The molecule has 1 atom stereocenters. The molecule has 0 radical (unpaired) electrons. The van der Waals surface area contributed by atoms with Gasteiger partial charge in [-0.3, -0.25) is 9.79 Å². The Morgan fingerprint density at radius 1 is 1.27 bits per heavy atom. The third-order valence-electron chi connectivity index (χ3n) is 4.45. The maximum atomic E-state index is 11.6. The zero-order valence-electron chi connectivity index (χ0n) is 16.2. The summed E-state index contributed by atoms with van der Waals surface area (Å²) in [6.07, 6.45) is 0.